The van der Waals surface area contributed by atoms with E-state index in [2.05, 4.69) is 32.0 Å². The van der Waals surface area contributed by atoms with Gasteiger partial charge in [0.1, 0.15) is 19.3 Å². The molecule has 0 N–H and O–H groups in total. The lowest BCUT2D eigenvalue weighted by molar-refractivity contribution is 0.0705. The average molecular weight is 331 g/mol. The number of nitrogens with zero attached hydrogens (tertiary/aromatic N) is 5. The third-order valence-electron chi connectivity index (χ3n) is 4.43. The fraction of sp³-hybridized carbons (Fsp3) is 0.562. The molecule has 0 aliphatic carbocycles. The van der Waals surface area contributed by atoms with Crippen LogP contribution in [0, 0.1) is 6.92 Å². The van der Waals surface area contributed by atoms with E-state index in [0.717, 1.165) is 43.4 Å². The Kier molecular flexibility index (Phi) is 4.07. The van der Waals surface area contributed by atoms with Crippen molar-refractivity contribution < 1.29 is 14.0 Å². The van der Waals surface area contributed by atoms with E-state index >= 15 is 0 Å². The molecule has 24 heavy (non-hydrogen) atoms. The van der Waals surface area contributed by atoms with Crippen molar-refractivity contribution in [3.05, 3.63) is 29.7 Å². The van der Waals surface area contributed by atoms with Gasteiger partial charge in [0.05, 0.1) is 11.9 Å². The highest BCUT2D eigenvalue weighted by atomic mass is 16.6. The van der Waals surface area contributed by atoms with Crippen LogP contribution in [-0.4, -0.2) is 64.8 Å². The molecule has 0 spiro atoms. The van der Waals surface area contributed by atoms with Gasteiger partial charge in [0.25, 0.3) is 0 Å². The first kappa shape index (κ1) is 15.3. The Bertz CT molecular complexity index is 719. The largest absolute Gasteiger partial charge is 0.486 e. The van der Waals surface area contributed by atoms with E-state index in [1.165, 1.54) is 0 Å². The quantitative estimate of drug-likeness (QED) is 0.825. The predicted molar refractivity (Wildman–Crippen MR) is 84.9 cm³/mol. The zero-order valence-electron chi connectivity index (χ0n) is 13.9. The first-order valence-electron chi connectivity index (χ1n) is 8.16. The lowest BCUT2D eigenvalue weighted by atomic mass is 10.1. The molecule has 0 radical (unpaired) electrons. The van der Waals surface area contributed by atoms with E-state index in [-0.39, 0.29) is 6.04 Å². The summed E-state index contributed by atoms with van der Waals surface area (Å²) in [6, 6.07) is 2.08. The lowest BCUT2D eigenvalue weighted by Crippen LogP contribution is -2.46. The number of aromatic nitrogens is 3. The maximum atomic E-state index is 5.64. The Hall–Kier alpha value is -2.19. The van der Waals surface area contributed by atoms with Gasteiger partial charge in [-0.1, -0.05) is 5.16 Å². The van der Waals surface area contributed by atoms with Crippen LogP contribution < -0.4 is 9.47 Å². The summed E-state index contributed by atoms with van der Waals surface area (Å²) >= 11 is 0. The number of likely N-dealkylation sites (N-methyl/N-ethyl adjacent to an activating group) is 1. The van der Waals surface area contributed by atoms with Gasteiger partial charge >= 0.3 is 0 Å². The summed E-state index contributed by atoms with van der Waals surface area (Å²) in [5, 5.41) is 3.91. The molecule has 1 atom stereocenters. The second-order valence-corrected chi connectivity index (χ2v) is 6.23. The molecular weight excluding hydrogens is 310 g/mol. The van der Waals surface area contributed by atoms with Crippen molar-refractivity contribution in [2.45, 2.75) is 19.5 Å². The molecule has 128 valence electrons. The van der Waals surface area contributed by atoms with Crippen LogP contribution in [0.1, 0.15) is 23.5 Å². The second kappa shape index (κ2) is 6.37. The number of aryl methyl sites for hydroxylation is 1. The first-order chi connectivity index (χ1) is 11.7. The van der Waals surface area contributed by atoms with Crippen LogP contribution in [-0.2, 0) is 6.54 Å². The molecule has 0 amide bonds. The van der Waals surface area contributed by atoms with Crippen LogP contribution >= 0.6 is 0 Å². The van der Waals surface area contributed by atoms with E-state index in [1.54, 1.807) is 6.20 Å². The number of rotatable bonds is 3. The van der Waals surface area contributed by atoms with Crippen molar-refractivity contribution in [3.63, 3.8) is 0 Å². The minimum Gasteiger partial charge on any atom is -0.486 e. The molecule has 0 bridgehead atoms. The van der Waals surface area contributed by atoms with Crippen LogP contribution in [0.15, 0.2) is 16.8 Å². The van der Waals surface area contributed by atoms with Crippen molar-refractivity contribution in [1.29, 1.82) is 0 Å². The standard InChI is InChI=1S/C16H21N5O3/c1-11-18-16(24-19-11)13-10-21(4-3-20(13)2)9-12-7-14-15(8-17-12)23-6-5-22-14/h7-8,13H,3-6,9-10H2,1-2H3. The van der Waals surface area contributed by atoms with Gasteiger partial charge in [0.2, 0.25) is 5.89 Å². The molecule has 0 saturated carbocycles. The Morgan fingerprint density at radius 2 is 2.04 bits per heavy atom. The fourth-order valence-corrected chi connectivity index (χ4v) is 3.09. The number of ether oxygens (including phenoxy) is 2. The van der Waals surface area contributed by atoms with Gasteiger partial charge in [0.15, 0.2) is 17.3 Å². The minimum absolute atomic E-state index is 0.108. The minimum atomic E-state index is 0.108. The molecule has 2 aromatic heterocycles. The van der Waals surface area contributed by atoms with Crippen LogP contribution in [0.5, 0.6) is 11.5 Å². The van der Waals surface area contributed by atoms with E-state index in [1.807, 2.05) is 13.0 Å². The van der Waals surface area contributed by atoms with E-state index < -0.39 is 0 Å². The van der Waals surface area contributed by atoms with Gasteiger partial charge in [0, 0.05) is 32.2 Å². The third kappa shape index (κ3) is 3.07. The van der Waals surface area contributed by atoms with Crippen molar-refractivity contribution in [1.82, 2.24) is 24.9 Å². The van der Waals surface area contributed by atoms with Gasteiger partial charge < -0.3 is 14.0 Å². The molecule has 8 heteroatoms. The number of piperazine rings is 1. The smallest absolute Gasteiger partial charge is 0.245 e. The van der Waals surface area contributed by atoms with Gasteiger partial charge in [-0.25, -0.2) is 0 Å². The molecular formula is C16H21N5O3. The Morgan fingerprint density at radius 1 is 1.21 bits per heavy atom. The van der Waals surface area contributed by atoms with Crippen LogP contribution in [0.4, 0.5) is 0 Å². The van der Waals surface area contributed by atoms with E-state index in [9.17, 15) is 0 Å². The van der Waals surface area contributed by atoms with Gasteiger partial charge in [-0.3, -0.25) is 14.8 Å². The number of hydrogen-bond donors (Lipinski definition) is 0. The van der Waals surface area contributed by atoms with E-state index in [0.29, 0.717) is 24.9 Å². The maximum absolute atomic E-state index is 5.64. The predicted octanol–water partition coefficient (Wildman–Crippen LogP) is 1.03. The summed E-state index contributed by atoms with van der Waals surface area (Å²) in [4.78, 5) is 13.5. The fourth-order valence-electron chi connectivity index (χ4n) is 3.09. The van der Waals surface area contributed by atoms with Crippen LogP contribution in [0.25, 0.3) is 0 Å². The Balaban J connectivity index is 1.46. The zero-order valence-corrected chi connectivity index (χ0v) is 13.9. The highest BCUT2D eigenvalue weighted by Gasteiger charge is 2.30. The van der Waals surface area contributed by atoms with Crippen molar-refractivity contribution >= 4 is 0 Å². The highest BCUT2D eigenvalue weighted by Crippen LogP contribution is 2.30. The zero-order chi connectivity index (χ0) is 16.5. The number of fused-ring (bicyclic) bond motifs is 1. The second-order valence-electron chi connectivity index (χ2n) is 6.23. The molecule has 0 aromatic carbocycles. The molecule has 4 heterocycles. The number of hydrogen-bond acceptors (Lipinski definition) is 8. The van der Waals surface area contributed by atoms with Crippen molar-refractivity contribution in [2.24, 2.45) is 0 Å². The summed E-state index contributed by atoms with van der Waals surface area (Å²) < 4.78 is 16.5. The summed E-state index contributed by atoms with van der Waals surface area (Å²) in [6.07, 6.45) is 1.75. The molecule has 2 aromatic rings. The Morgan fingerprint density at radius 3 is 2.83 bits per heavy atom. The highest BCUT2D eigenvalue weighted by molar-refractivity contribution is 5.39. The SMILES string of the molecule is Cc1noc(C2CN(Cc3cc4c(cn3)OCCO4)CCN2C)n1. The Labute approximate surface area is 140 Å². The van der Waals surface area contributed by atoms with Crippen LogP contribution in [0.2, 0.25) is 0 Å². The summed E-state index contributed by atoms with van der Waals surface area (Å²) in [5.74, 6) is 2.85. The summed E-state index contributed by atoms with van der Waals surface area (Å²) in [5.41, 5.74) is 0.976. The molecule has 2 aliphatic rings. The first-order valence-corrected chi connectivity index (χ1v) is 8.16. The van der Waals surface area contributed by atoms with Crippen LogP contribution in [0.3, 0.4) is 0 Å². The molecule has 1 unspecified atom stereocenters. The molecule has 2 aliphatic heterocycles. The molecule has 1 saturated heterocycles. The van der Waals surface area contributed by atoms with Crippen molar-refractivity contribution in [3.8, 4) is 11.5 Å². The lowest BCUT2D eigenvalue weighted by Gasteiger charge is -2.37. The van der Waals surface area contributed by atoms with Gasteiger partial charge in [-0.2, -0.15) is 4.98 Å². The summed E-state index contributed by atoms with van der Waals surface area (Å²) in [7, 11) is 2.09. The summed E-state index contributed by atoms with van der Waals surface area (Å²) in [6.45, 7) is 6.50. The third-order valence-corrected chi connectivity index (χ3v) is 4.43. The van der Waals surface area contributed by atoms with Crippen molar-refractivity contribution in [2.75, 3.05) is 39.9 Å². The number of pyridine rings is 1. The van der Waals surface area contributed by atoms with Gasteiger partial charge in [-0.15, -0.1) is 0 Å². The molecule has 8 nitrogen and oxygen atoms in total. The van der Waals surface area contributed by atoms with Gasteiger partial charge in [-0.05, 0) is 14.0 Å². The molecule has 1 fully saturated rings. The normalized spacial score (nSPS) is 21.8. The topological polar surface area (TPSA) is 76.8 Å². The molecule has 4 rings (SSSR count). The maximum Gasteiger partial charge on any atom is 0.245 e. The average Bonchev–Trinajstić information content (AvgIpc) is 3.03. The van der Waals surface area contributed by atoms with E-state index in [4.69, 9.17) is 14.0 Å². The monoisotopic (exact) mass is 331 g/mol.